The van der Waals surface area contributed by atoms with E-state index >= 15 is 0 Å². The third-order valence-electron chi connectivity index (χ3n) is 4.81. The predicted octanol–water partition coefficient (Wildman–Crippen LogP) is 1.98. The quantitative estimate of drug-likeness (QED) is 0.453. The van der Waals surface area contributed by atoms with E-state index in [0.717, 1.165) is 5.57 Å². The van der Waals surface area contributed by atoms with Gasteiger partial charge in [0.05, 0.1) is 18.6 Å². The van der Waals surface area contributed by atoms with Crippen molar-refractivity contribution in [2.75, 3.05) is 6.61 Å². The first-order valence-electron chi connectivity index (χ1n) is 8.65. The molecule has 26 heavy (non-hydrogen) atoms. The predicted molar refractivity (Wildman–Crippen MR) is 96.0 cm³/mol. The van der Waals surface area contributed by atoms with Crippen LogP contribution in [0.4, 0.5) is 0 Å². The second-order valence-electron chi connectivity index (χ2n) is 6.85. The zero-order valence-corrected chi connectivity index (χ0v) is 15.4. The van der Waals surface area contributed by atoms with Gasteiger partial charge in [-0.25, -0.2) is 9.59 Å². The van der Waals surface area contributed by atoms with Crippen LogP contribution < -0.4 is 0 Å². The third kappa shape index (κ3) is 4.51. The minimum atomic E-state index is -0.660. The van der Waals surface area contributed by atoms with Gasteiger partial charge in [0.2, 0.25) is 0 Å². The number of fused-ring (bicyclic) bond motifs is 1. The first-order valence-corrected chi connectivity index (χ1v) is 8.65. The van der Waals surface area contributed by atoms with Gasteiger partial charge in [-0.15, -0.1) is 0 Å². The van der Waals surface area contributed by atoms with Gasteiger partial charge in [-0.3, -0.25) is 0 Å². The van der Waals surface area contributed by atoms with E-state index < -0.39 is 36.2 Å². The zero-order chi connectivity index (χ0) is 19.4. The maximum atomic E-state index is 12.3. The molecule has 2 N–H and O–H groups in total. The Bertz CT molecular complexity index is 684. The van der Waals surface area contributed by atoms with Crippen molar-refractivity contribution in [2.24, 2.45) is 5.92 Å². The van der Waals surface area contributed by atoms with Crippen molar-refractivity contribution >= 4 is 11.9 Å². The van der Waals surface area contributed by atoms with Crippen molar-refractivity contribution in [3.05, 3.63) is 47.1 Å². The van der Waals surface area contributed by atoms with Crippen LogP contribution in [0, 0.1) is 5.92 Å². The van der Waals surface area contributed by atoms with Crippen LogP contribution in [0.3, 0.4) is 0 Å². The Morgan fingerprint density at radius 2 is 2.15 bits per heavy atom. The molecule has 0 amide bonds. The zero-order valence-electron chi connectivity index (χ0n) is 15.4. The summed E-state index contributed by atoms with van der Waals surface area (Å²) in [4.78, 5) is 24.4. The minimum absolute atomic E-state index is 0.253. The van der Waals surface area contributed by atoms with Crippen LogP contribution in [-0.2, 0) is 19.1 Å². The fraction of sp³-hybridized carbons (Fsp3) is 0.500. The van der Waals surface area contributed by atoms with E-state index in [4.69, 9.17) is 14.6 Å². The van der Waals surface area contributed by atoms with Crippen molar-refractivity contribution in [2.45, 2.75) is 51.9 Å². The van der Waals surface area contributed by atoms with E-state index in [-0.39, 0.29) is 12.2 Å². The molecule has 0 aromatic rings. The topological polar surface area (TPSA) is 93.1 Å². The van der Waals surface area contributed by atoms with Crippen LogP contribution in [-0.4, -0.2) is 47.1 Å². The Labute approximate surface area is 153 Å². The molecule has 1 heterocycles. The van der Waals surface area contributed by atoms with Gasteiger partial charge in [0.1, 0.15) is 12.2 Å². The number of ether oxygens (including phenoxy) is 2. The number of aliphatic hydroxyl groups excluding tert-OH is 2. The standard InChI is InChI=1S/C20H26O6/c1-11-5-6-15(22)13(3)10-17-18(14(4)20(24)26-17)16(9-11)25-19(23)12(2)7-8-21/h5,7,10,15-18,21-22H,4,6,8-9H2,1-3H3/b11-5?,12-7+,13-10?/t15-,16+,17+,18+/m0/s1. The van der Waals surface area contributed by atoms with Crippen LogP contribution in [0.25, 0.3) is 0 Å². The lowest BCUT2D eigenvalue weighted by Crippen LogP contribution is -2.34. The maximum Gasteiger partial charge on any atom is 0.334 e. The van der Waals surface area contributed by atoms with Crippen LogP contribution in [0.5, 0.6) is 0 Å². The number of esters is 2. The highest BCUT2D eigenvalue weighted by molar-refractivity contribution is 5.92. The highest BCUT2D eigenvalue weighted by atomic mass is 16.6. The molecule has 6 nitrogen and oxygen atoms in total. The first kappa shape index (κ1) is 20.1. The highest BCUT2D eigenvalue weighted by Crippen LogP contribution is 2.36. The summed E-state index contributed by atoms with van der Waals surface area (Å²) < 4.78 is 11.1. The lowest BCUT2D eigenvalue weighted by atomic mass is 9.85. The molecule has 0 spiro atoms. The molecule has 0 aromatic carbocycles. The molecule has 0 radical (unpaired) electrons. The second kappa shape index (κ2) is 8.47. The summed E-state index contributed by atoms with van der Waals surface area (Å²) in [5.74, 6) is -1.61. The van der Waals surface area contributed by atoms with Crippen LogP contribution >= 0.6 is 0 Å². The van der Waals surface area contributed by atoms with Gasteiger partial charge in [-0.1, -0.05) is 18.2 Å². The largest absolute Gasteiger partial charge is 0.458 e. The smallest absolute Gasteiger partial charge is 0.334 e. The SMILES string of the molecule is C=C1C(=O)O[C@@H]2C=C(C)[C@@H](O)CC=C(C)C[C@@H](OC(=O)/C(C)=C/CO)[C@@H]12. The summed E-state index contributed by atoms with van der Waals surface area (Å²) in [5, 5.41) is 19.2. The number of rotatable bonds is 3. The van der Waals surface area contributed by atoms with E-state index in [1.54, 1.807) is 19.9 Å². The van der Waals surface area contributed by atoms with Gasteiger partial charge in [0.15, 0.2) is 0 Å². The van der Waals surface area contributed by atoms with Crippen molar-refractivity contribution < 1.29 is 29.3 Å². The fourth-order valence-electron chi connectivity index (χ4n) is 3.14. The van der Waals surface area contributed by atoms with Gasteiger partial charge < -0.3 is 19.7 Å². The van der Waals surface area contributed by atoms with Crippen molar-refractivity contribution in [3.63, 3.8) is 0 Å². The van der Waals surface area contributed by atoms with Gasteiger partial charge in [0, 0.05) is 17.6 Å². The Morgan fingerprint density at radius 3 is 2.81 bits per heavy atom. The van der Waals surface area contributed by atoms with Crippen LogP contribution in [0.2, 0.25) is 0 Å². The Balaban J connectivity index is 2.39. The summed E-state index contributed by atoms with van der Waals surface area (Å²) in [6.07, 6.45) is 3.87. The summed E-state index contributed by atoms with van der Waals surface area (Å²) in [6, 6.07) is 0. The molecule has 0 aromatic heterocycles. The molecule has 2 aliphatic rings. The molecule has 1 aliphatic carbocycles. The molecule has 0 saturated carbocycles. The molecular weight excluding hydrogens is 336 g/mol. The van der Waals surface area contributed by atoms with E-state index in [1.165, 1.54) is 6.08 Å². The maximum absolute atomic E-state index is 12.3. The number of hydrogen-bond donors (Lipinski definition) is 2. The fourth-order valence-corrected chi connectivity index (χ4v) is 3.14. The first-order chi connectivity index (χ1) is 12.2. The Morgan fingerprint density at radius 1 is 1.46 bits per heavy atom. The minimum Gasteiger partial charge on any atom is -0.458 e. The molecule has 1 fully saturated rings. The lowest BCUT2D eigenvalue weighted by Gasteiger charge is -2.28. The van der Waals surface area contributed by atoms with E-state index in [0.29, 0.717) is 24.0 Å². The Hall–Kier alpha value is -2.18. The van der Waals surface area contributed by atoms with Crippen molar-refractivity contribution in [1.29, 1.82) is 0 Å². The summed E-state index contributed by atoms with van der Waals surface area (Å²) in [7, 11) is 0. The van der Waals surface area contributed by atoms with Gasteiger partial charge in [0.25, 0.3) is 0 Å². The van der Waals surface area contributed by atoms with Crippen LogP contribution in [0.15, 0.2) is 47.1 Å². The Kier molecular flexibility index (Phi) is 6.56. The highest BCUT2D eigenvalue weighted by Gasteiger charge is 2.44. The second-order valence-corrected chi connectivity index (χ2v) is 6.85. The van der Waals surface area contributed by atoms with E-state index in [1.807, 2.05) is 13.0 Å². The molecule has 1 aliphatic heterocycles. The summed E-state index contributed by atoms with van der Waals surface area (Å²) in [6.45, 7) is 8.79. The van der Waals surface area contributed by atoms with Gasteiger partial charge >= 0.3 is 11.9 Å². The average molecular weight is 362 g/mol. The number of hydrogen-bond acceptors (Lipinski definition) is 6. The van der Waals surface area contributed by atoms with Gasteiger partial charge in [-0.2, -0.15) is 0 Å². The number of carbonyl (C=O) groups is 2. The molecule has 6 heteroatoms. The van der Waals surface area contributed by atoms with Crippen molar-refractivity contribution in [1.82, 2.24) is 0 Å². The van der Waals surface area contributed by atoms with Crippen molar-refractivity contribution in [3.8, 4) is 0 Å². The normalized spacial score (nSPS) is 30.1. The summed E-state index contributed by atoms with van der Waals surface area (Å²) >= 11 is 0. The van der Waals surface area contributed by atoms with Crippen LogP contribution in [0.1, 0.15) is 33.6 Å². The monoisotopic (exact) mass is 362 g/mol. The number of carbonyl (C=O) groups excluding carboxylic acids is 2. The van der Waals surface area contributed by atoms with E-state index in [9.17, 15) is 14.7 Å². The third-order valence-corrected chi connectivity index (χ3v) is 4.81. The molecule has 0 bridgehead atoms. The lowest BCUT2D eigenvalue weighted by molar-refractivity contribution is -0.147. The average Bonchev–Trinajstić information content (AvgIpc) is 2.85. The summed E-state index contributed by atoms with van der Waals surface area (Å²) in [5.41, 5.74) is 2.17. The molecular formula is C20H26O6. The molecule has 4 atom stereocenters. The molecule has 2 rings (SSSR count). The number of aliphatic hydroxyl groups is 2. The van der Waals surface area contributed by atoms with Gasteiger partial charge in [-0.05, 0) is 44.9 Å². The van der Waals surface area contributed by atoms with E-state index in [2.05, 4.69) is 6.58 Å². The molecule has 0 unspecified atom stereocenters. The molecule has 1 saturated heterocycles. The molecule has 142 valence electrons.